The summed E-state index contributed by atoms with van der Waals surface area (Å²) in [6.45, 7) is 1.68. The number of amides is 1. The van der Waals surface area contributed by atoms with Crippen LogP contribution in [0.1, 0.15) is 26.3 Å². The molecule has 5 nitrogen and oxygen atoms in total. The molecule has 1 amide bonds. The molecule has 0 aliphatic rings. The molecule has 0 unspecified atom stereocenters. The van der Waals surface area contributed by atoms with Gasteiger partial charge in [-0.1, -0.05) is 6.07 Å². The Bertz CT molecular complexity index is 686. The molecule has 0 saturated carbocycles. The third-order valence-electron chi connectivity index (χ3n) is 2.69. The van der Waals surface area contributed by atoms with Crippen molar-refractivity contribution in [3.05, 3.63) is 59.0 Å². The van der Waals surface area contributed by atoms with E-state index >= 15 is 0 Å². The van der Waals surface area contributed by atoms with E-state index in [1.165, 1.54) is 30.5 Å². The first kappa shape index (κ1) is 13.7. The van der Waals surface area contributed by atoms with Crippen LogP contribution in [0.5, 0.6) is 0 Å². The number of carbonyl (C=O) groups is 2. The van der Waals surface area contributed by atoms with E-state index in [9.17, 15) is 14.0 Å². The van der Waals surface area contributed by atoms with Gasteiger partial charge in [0.25, 0.3) is 5.91 Å². The average molecular weight is 274 g/mol. The van der Waals surface area contributed by atoms with Gasteiger partial charge in [0, 0.05) is 11.8 Å². The molecule has 1 heterocycles. The van der Waals surface area contributed by atoms with Gasteiger partial charge in [-0.15, -0.1) is 0 Å². The van der Waals surface area contributed by atoms with Crippen LogP contribution in [-0.2, 0) is 0 Å². The highest BCUT2D eigenvalue weighted by molar-refractivity contribution is 6.05. The third-order valence-corrected chi connectivity index (χ3v) is 2.69. The van der Waals surface area contributed by atoms with E-state index in [1.54, 1.807) is 6.92 Å². The fraction of sp³-hybridized carbons (Fsp3) is 0.0714. The fourth-order valence-corrected chi connectivity index (χ4v) is 1.65. The zero-order valence-corrected chi connectivity index (χ0v) is 10.6. The molecule has 0 atom stereocenters. The minimum atomic E-state index is -1.12. The lowest BCUT2D eigenvalue weighted by Crippen LogP contribution is -2.15. The number of nitrogens with zero attached hydrogens (tertiary/aromatic N) is 1. The summed E-state index contributed by atoms with van der Waals surface area (Å²) < 4.78 is 13.1. The maximum absolute atomic E-state index is 13.1. The van der Waals surface area contributed by atoms with Crippen LogP contribution in [0, 0.1) is 12.7 Å². The molecule has 2 aromatic rings. The first-order valence-electron chi connectivity index (χ1n) is 5.74. The van der Waals surface area contributed by atoms with Crippen LogP contribution >= 0.6 is 0 Å². The van der Waals surface area contributed by atoms with E-state index in [1.807, 2.05) is 0 Å². The molecule has 1 aromatic heterocycles. The van der Waals surface area contributed by atoms with Gasteiger partial charge in [-0.25, -0.2) is 14.2 Å². The number of halogens is 1. The zero-order valence-electron chi connectivity index (χ0n) is 10.6. The Kier molecular flexibility index (Phi) is 3.74. The molecule has 0 bridgehead atoms. The molecule has 0 fully saturated rings. The number of hydrogen-bond donors (Lipinski definition) is 2. The Morgan fingerprint density at radius 1 is 1.25 bits per heavy atom. The number of hydrogen-bond acceptors (Lipinski definition) is 3. The lowest BCUT2D eigenvalue weighted by atomic mass is 10.1. The van der Waals surface area contributed by atoms with Crippen molar-refractivity contribution in [3.8, 4) is 0 Å². The van der Waals surface area contributed by atoms with E-state index in [0.717, 1.165) is 6.07 Å². The number of pyridine rings is 1. The zero-order chi connectivity index (χ0) is 14.7. The predicted molar refractivity (Wildman–Crippen MR) is 70.3 cm³/mol. The van der Waals surface area contributed by atoms with E-state index in [2.05, 4.69) is 10.3 Å². The monoisotopic (exact) mass is 274 g/mol. The van der Waals surface area contributed by atoms with Gasteiger partial charge in [0.1, 0.15) is 11.6 Å². The van der Waals surface area contributed by atoms with Crippen LogP contribution in [0.15, 0.2) is 36.5 Å². The summed E-state index contributed by atoms with van der Waals surface area (Å²) in [6.07, 6.45) is 1.28. The maximum atomic E-state index is 13.1. The van der Waals surface area contributed by atoms with E-state index in [0.29, 0.717) is 5.56 Å². The highest BCUT2D eigenvalue weighted by atomic mass is 19.1. The van der Waals surface area contributed by atoms with Crippen molar-refractivity contribution < 1.29 is 19.1 Å². The number of aromatic carboxylic acids is 1. The van der Waals surface area contributed by atoms with Crippen molar-refractivity contribution in [2.75, 3.05) is 5.32 Å². The number of rotatable bonds is 3. The summed E-state index contributed by atoms with van der Waals surface area (Å²) >= 11 is 0. The van der Waals surface area contributed by atoms with E-state index in [-0.39, 0.29) is 16.9 Å². The van der Waals surface area contributed by atoms with Crippen LogP contribution in [0.25, 0.3) is 0 Å². The Morgan fingerprint density at radius 2 is 2.00 bits per heavy atom. The Morgan fingerprint density at radius 3 is 2.70 bits per heavy atom. The molecule has 102 valence electrons. The van der Waals surface area contributed by atoms with Gasteiger partial charge >= 0.3 is 5.97 Å². The lowest BCUT2D eigenvalue weighted by Gasteiger charge is -2.07. The van der Waals surface area contributed by atoms with Crippen molar-refractivity contribution in [2.24, 2.45) is 0 Å². The second kappa shape index (κ2) is 5.48. The number of aromatic nitrogens is 1. The van der Waals surface area contributed by atoms with Crippen LogP contribution in [0.2, 0.25) is 0 Å². The highest BCUT2D eigenvalue weighted by Crippen LogP contribution is 2.13. The smallest absolute Gasteiger partial charge is 0.335 e. The molecule has 2 N–H and O–H groups in total. The fourth-order valence-electron chi connectivity index (χ4n) is 1.65. The van der Waals surface area contributed by atoms with Crippen molar-refractivity contribution in [3.63, 3.8) is 0 Å². The van der Waals surface area contributed by atoms with Gasteiger partial charge in [-0.3, -0.25) is 4.79 Å². The molecular formula is C14H11FN2O3. The van der Waals surface area contributed by atoms with Gasteiger partial charge in [0.05, 0.1) is 5.56 Å². The molecule has 20 heavy (non-hydrogen) atoms. The van der Waals surface area contributed by atoms with Crippen LogP contribution in [0.3, 0.4) is 0 Å². The number of carboxylic acids is 1. The molecule has 1 aromatic carbocycles. The normalized spacial score (nSPS) is 10.1. The second-order valence-electron chi connectivity index (χ2n) is 4.15. The van der Waals surface area contributed by atoms with Crippen LogP contribution in [-0.4, -0.2) is 22.0 Å². The highest BCUT2D eigenvalue weighted by Gasteiger charge is 2.12. The first-order valence-corrected chi connectivity index (χ1v) is 5.74. The van der Waals surface area contributed by atoms with Crippen molar-refractivity contribution >= 4 is 17.7 Å². The SMILES string of the molecule is Cc1ccc(F)cc1C(=O)Nc1cc(C(=O)O)ccn1. The van der Waals surface area contributed by atoms with Gasteiger partial charge in [-0.05, 0) is 36.8 Å². The Hall–Kier alpha value is -2.76. The van der Waals surface area contributed by atoms with Gasteiger partial charge in [-0.2, -0.15) is 0 Å². The lowest BCUT2D eigenvalue weighted by molar-refractivity contribution is 0.0696. The number of nitrogens with one attached hydrogen (secondary N) is 1. The molecule has 0 saturated heterocycles. The van der Waals surface area contributed by atoms with Crippen LogP contribution < -0.4 is 5.32 Å². The summed E-state index contributed by atoms with van der Waals surface area (Å²) in [5.74, 6) is -2.09. The molecule has 0 aliphatic carbocycles. The largest absolute Gasteiger partial charge is 0.478 e. The number of aryl methyl sites for hydroxylation is 1. The number of carboxylic acid groups (broad SMARTS) is 1. The van der Waals surface area contributed by atoms with Crippen molar-refractivity contribution in [1.82, 2.24) is 4.98 Å². The summed E-state index contributed by atoms with van der Waals surface area (Å²) in [4.78, 5) is 26.7. The van der Waals surface area contributed by atoms with E-state index < -0.39 is 17.7 Å². The number of carbonyl (C=O) groups excluding carboxylic acids is 1. The number of benzene rings is 1. The summed E-state index contributed by atoms with van der Waals surface area (Å²) in [6, 6.07) is 6.41. The minimum absolute atomic E-state index is 0.00580. The van der Waals surface area contributed by atoms with Gasteiger partial charge in [0.2, 0.25) is 0 Å². The van der Waals surface area contributed by atoms with Gasteiger partial charge < -0.3 is 10.4 Å². The quantitative estimate of drug-likeness (QED) is 0.901. The second-order valence-corrected chi connectivity index (χ2v) is 4.15. The number of anilines is 1. The molecule has 0 radical (unpaired) electrons. The molecule has 0 spiro atoms. The molecule has 6 heteroatoms. The van der Waals surface area contributed by atoms with Crippen molar-refractivity contribution in [1.29, 1.82) is 0 Å². The Labute approximate surface area is 114 Å². The summed E-state index contributed by atoms with van der Waals surface area (Å²) in [5, 5.41) is 11.3. The average Bonchev–Trinajstić information content (AvgIpc) is 2.41. The topological polar surface area (TPSA) is 79.3 Å². The van der Waals surface area contributed by atoms with Crippen molar-refractivity contribution in [2.45, 2.75) is 6.92 Å². The predicted octanol–water partition coefficient (Wildman–Crippen LogP) is 2.48. The molecule has 0 aliphatic heterocycles. The third kappa shape index (κ3) is 2.97. The molecule has 2 rings (SSSR count). The first-order chi connectivity index (χ1) is 9.47. The van der Waals surface area contributed by atoms with Crippen LogP contribution in [0.4, 0.5) is 10.2 Å². The standard InChI is InChI=1S/C14H11FN2O3/c1-8-2-3-10(15)7-11(8)13(18)17-12-6-9(14(19)20)4-5-16-12/h2-7H,1H3,(H,19,20)(H,16,17,18). The molecular weight excluding hydrogens is 263 g/mol. The summed E-state index contributed by atoms with van der Waals surface area (Å²) in [7, 11) is 0. The van der Waals surface area contributed by atoms with Gasteiger partial charge in [0.15, 0.2) is 0 Å². The van der Waals surface area contributed by atoms with E-state index in [4.69, 9.17) is 5.11 Å². The maximum Gasteiger partial charge on any atom is 0.335 e. The minimum Gasteiger partial charge on any atom is -0.478 e. The summed E-state index contributed by atoms with van der Waals surface area (Å²) in [5.41, 5.74) is 0.789. The Balaban J connectivity index is 2.25.